The molecule has 3 atom stereocenters. The second-order valence-corrected chi connectivity index (χ2v) is 5.52. The van der Waals surface area contributed by atoms with Crippen molar-refractivity contribution in [1.82, 2.24) is 15.5 Å². The van der Waals surface area contributed by atoms with Gasteiger partial charge in [0.1, 0.15) is 0 Å². The molecule has 2 N–H and O–H groups in total. The normalized spacial score (nSPS) is 32.3. The van der Waals surface area contributed by atoms with Gasteiger partial charge in [0, 0.05) is 26.1 Å². The lowest BCUT2D eigenvalue weighted by Gasteiger charge is -2.32. The quantitative estimate of drug-likeness (QED) is 0.734. The largest absolute Gasteiger partial charge is 0.352 e. The van der Waals surface area contributed by atoms with E-state index in [1.165, 1.54) is 6.92 Å². The average Bonchev–Trinajstić information content (AvgIpc) is 2.76. The predicted octanol–water partition coefficient (Wildman–Crippen LogP) is 0.112. The van der Waals surface area contributed by atoms with Crippen molar-refractivity contribution in [2.75, 3.05) is 19.6 Å². The standard InChI is InChI=1S/C13H23N3O2/c1-9-4-3-6-14-12(9)13(18)16-7-5-11(8-16)15-10(2)17/h9,11-12,14H,3-8H2,1-2H3,(H,15,17). The van der Waals surface area contributed by atoms with Gasteiger partial charge >= 0.3 is 0 Å². The highest BCUT2D eigenvalue weighted by Gasteiger charge is 2.34. The Bertz CT molecular complexity index is 332. The lowest BCUT2D eigenvalue weighted by Crippen LogP contribution is -2.52. The highest BCUT2D eigenvalue weighted by atomic mass is 16.2. The van der Waals surface area contributed by atoms with Crippen molar-refractivity contribution in [3.8, 4) is 0 Å². The summed E-state index contributed by atoms with van der Waals surface area (Å²) >= 11 is 0. The minimum absolute atomic E-state index is 0.0153. The first-order valence-corrected chi connectivity index (χ1v) is 6.87. The molecule has 0 spiro atoms. The van der Waals surface area contributed by atoms with Gasteiger partial charge in [0.05, 0.1) is 6.04 Å². The maximum absolute atomic E-state index is 12.4. The number of amides is 2. The van der Waals surface area contributed by atoms with Crippen LogP contribution in [-0.4, -0.2) is 48.4 Å². The van der Waals surface area contributed by atoms with Gasteiger partial charge in [0.2, 0.25) is 11.8 Å². The van der Waals surface area contributed by atoms with Crippen LogP contribution in [0, 0.1) is 5.92 Å². The van der Waals surface area contributed by atoms with Crippen LogP contribution in [0.5, 0.6) is 0 Å². The van der Waals surface area contributed by atoms with Crippen LogP contribution in [0.3, 0.4) is 0 Å². The summed E-state index contributed by atoms with van der Waals surface area (Å²) < 4.78 is 0. The van der Waals surface area contributed by atoms with E-state index in [0.29, 0.717) is 12.5 Å². The van der Waals surface area contributed by atoms with Crippen molar-refractivity contribution in [1.29, 1.82) is 0 Å². The second-order valence-electron chi connectivity index (χ2n) is 5.52. The first-order valence-electron chi connectivity index (χ1n) is 6.87. The Labute approximate surface area is 108 Å². The van der Waals surface area contributed by atoms with Gasteiger partial charge in [-0.2, -0.15) is 0 Å². The molecule has 5 nitrogen and oxygen atoms in total. The minimum atomic E-state index is -0.0326. The molecule has 3 unspecified atom stereocenters. The Morgan fingerprint density at radius 3 is 2.78 bits per heavy atom. The van der Waals surface area contributed by atoms with E-state index in [1.54, 1.807) is 0 Å². The number of carbonyl (C=O) groups excluding carboxylic acids is 2. The van der Waals surface area contributed by atoms with Crippen molar-refractivity contribution in [2.24, 2.45) is 5.92 Å². The third-order valence-electron chi connectivity index (χ3n) is 3.94. The molecular formula is C13H23N3O2. The molecule has 2 aliphatic heterocycles. The molecule has 0 aromatic carbocycles. The molecule has 0 aliphatic carbocycles. The Morgan fingerprint density at radius 1 is 1.33 bits per heavy atom. The highest BCUT2D eigenvalue weighted by molar-refractivity contribution is 5.83. The third-order valence-corrected chi connectivity index (χ3v) is 3.94. The van der Waals surface area contributed by atoms with E-state index in [2.05, 4.69) is 17.6 Å². The van der Waals surface area contributed by atoms with Crippen molar-refractivity contribution >= 4 is 11.8 Å². The smallest absolute Gasteiger partial charge is 0.240 e. The molecule has 0 aromatic rings. The molecule has 0 aromatic heterocycles. The van der Waals surface area contributed by atoms with Crippen molar-refractivity contribution < 1.29 is 9.59 Å². The number of likely N-dealkylation sites (tertiary alicyclic amines) is 1. The van der Waals surface area contributed by atoms with Crippen LogP contribution in [0.4, 0.5) is 0 Å². The van der Waals surface area contributed by atoms with Gasteiger partial charge in [-0.15, -0.1) is 0 Å². The zero-order valence-corrected chi connectivity index (χ0v) is 11.2. The van der Waals surface area contributed by atoms with Crippen molar-refractivity contribution in [2.45, 2.75) is 45.2 Å². The number of hydrogen-bond donors (Lipinski definition) is 2. The Hall–Kier alpha value is -1.10. The fourth-order valence-electron chi connectivity index (χ4n) is 2.94. The maximum Gasteiger partial charge on any atom is 0.240 e. The zero-order valence-electron chi connectivity index (χ0n) is 11.2. The molecule has 18 heavy (non-hydrogen) atoms. The Morgan fingerprint density at radius 2 is 2.11 bits per heavy atom. The summed E-state index contributed by atoms with van der Waals surface area (Å²) in [5, 5.41) is 6.21. The summed E-state index contributed by atoms with van der Waals surface area (Å²) in [6.45, 7) is 6.01. The summed E-state index contributed by atoms with van der Waals surface area (Å²) in [5.74, 6) is 0.597. The lowest BCUT2D eigenvalue weighted by molar-refractivity contribution is -0.134. The fraction of sp³-hybridized carbons (Fsp3) is 0.846. The monoisotopic (exact) mass is 253 g/mol. The minimum Gasteiger partial charge on any atom is -0.352 e. The topological polar surface area (TPSA) is 61.4 Å². The molecule has 2 amide bonds. The number of nitrogens with zero attached hydrogens (tertiary/aromatic N) is 1. The highest BCUT2D eigenvalue weighted by Crippen LogP contribution is 2.19. The van der Waals surface area contributed by atoms with Crippen LogP contribution in [0.1, 0.15) is 33.1 Å². The first kappa shape index (κ1) is 13.3. The van der Waals surface area contributed by atoms with E-state index in [4.69, 9.17) is 0 Å². The summed E-state index contributed by atoms with van der Waals surface area (Å²) in [6.07, 6.45) is 3.14. The molecule has 0 radical (unpaired) electrons. The van der Waals surface area contributed by atoms with E-state index in [0.717, 1.165) is 32.4 Å². The van der Waals surface area contributed by atoms with Crippen molar-refractivity contribution in [3.05, 3.63) is 0 Å². The summed E-state index contributed by atoms with van der Waals surface area (Å²) in [6, 6.07) is 0.0974. The molecule has 2 fully saturated rings. The van der Waals surface area contributed by atoms with Gasteiger partial charge < -0.3 is 15.5 Å². The average molecular weight is 253 g/mol. The van der Waals surface area contributed by atoms with Gasteiger partial charge in [-0.05, 0) is 31.7 Å². The number of nitrogens with one attached hydrogen (secondary N) is 2. The van der Waals surface area contributed by atoms with Gasteiger partial charge in [-0.3, -0.25) is 9.59 Å². The van der Waals surface area contributed by atoms with E-state index in [9.17, 15) is 9.59 Å². The van der Waals surface area contributed by atoms with Gasteiger partial charge in [0.25, 0.3) is 0 Å². The molecule has 2 aliphatic rings. The summed E-state index contributed by atoms with van der Waals surface area (Å²) in [4.78, 5) is 25.3. The van der Waals surface area contributed by atoms with E-state index in [-0.39, 0.29) is 23.9 Å². The Balaban J connectivity index is 1.88. The number of rotatable bonds is 2. The molecule has 2 saturated heterocycles. The molecule has 0 bridgehead atoms. The second kappa shape index (κ2) is 5.69. The molecule has 0 saturated carbocycles. The Kier molecular flexibility index (Phi) is 4.22. The summed E-state index contributed by atoms with van der Waals surface area (Å²) in [5.41, 5.74) is 0. The van der Waals surface area contributed by atoms with Crippen LogP contribution in [0.15, 0.2) is 0 Å². The summed E-state index contributed by atoms with van der Waals surface area (Å²) in [7, 11) is 0. The number of hydrogen-bond acceptors (Lipinski definition) is 3. The van der Waals surface area contributed by atoms with Crippen LogP contribution in [0.25, 0.3) is 0 Å². The van der Waals surface area contributed by atoms with E-state index in [1.807, 2.05) is 4.90 Å². The van der Waals surface area contributed by atoms with E-state index >= 15 is 0 Å². The van der Waals surface area contributed by atoms with Crippen LogP contribution in [-0.2, 0) is 9.59 Å². The molecule has 5 heteroatoms. The fourth-order valence-corrected chi connectivity index (χ4v) is 2.94. The molecule has 2 rings (SSSR count). The predicted molar refractivity (Wildman–Crippen MR) is 69.0 cm³/mol. The van der Waals surface area contributed by atoms with Crippen LogP contribution in [0.2, 0.25) is 0 Å². The van der Waals surface area contributed by atoms with Crippen LogP contribution >= 0.6 is 0 Å². The third kappa shape index (κ3) is 3.02. The van der Waals surface area contributed by atoms with Gasteiger partial charge in [-0.25, -0.2) is 0 Å². The van der Waals surface area contributed by atoms with E-state index < -0.39 is 0 Å². The van der Waals surface area contributed by atoms with Gasteiger partial charge in [0.15, 0.2) is 0 Å². The van der Waals surface area contributed by atoms with Crippen molar-refractivity contribution in [3.63, 3.8) is 0 Å². The first-order chi connectivity index (χ1) is 8.58. The molecule has 2 heterocycles. The number of carbonyl (C=O) groups is 2. The lowest BCUT2D eigenvalue weighted by atomic mass is 9.92. The zero-order chi connectivity index (χ0) is 13.1. The maximum atomic E-state index is 12.4. The van der Waals surface area contributed by atoms with Gasteiger partial charge in [-0.1, -0.05) is 6.92 Å². The molecular weight excluding hydrogens is 230 g/mol. The SMILES string of the molecule is CC(=O)NC1CCN(C(=O)C2NCCCC2C)C1. The number of piperidine rings is 1. The molecule has 102 valence electrons. The van der Waals surface area contributed by atoms with Crippen LogP contribution < -0.4 is 10.6 Å².